The van der Waals surface area contributed by atoms with Crippen molar-refractivity contribution >= 4 is 97.2 Å². The molecule has 144 heavy (non-hydrogen) atoms. The van der Waals surface area contributed by atoms with E-state index >= 15 is 13.2 Å². The summed E-state index contributed by atoms with van der Waals surface area (Å²) < 4.78 is 261. The highest BCUT2D eigenvalue weighted by molar-refractivity contribution is 7.91. The second-order valence-electron chi connectivity index (χ2n) is 32.3. The summed E-state index contributed by atoms with van der Waals surface area (Å²) in [4.78, 5) is 45.2. The van der Waals surface area contributed by atoms with Gasteiger partial charge in [0.15, 0.2) is 34.4 Å². The summed E-state index contributed by atoms with van der Waals surface area (Å²) in [5.74, 6) is -6.05. The maximum Gasteiger partial charge on any atom is 0.268 e. The number of hydrogen-bond acceptors (Lipinski definition) is 12. The molecule has 33 heteroatoms. The minimum absolute atomic E-state index is 0.00812. The Morgan fingerprint density at radius 1 is 0.292 bits per heavy atom. The van der Waals surface area contributed by atoms with Crippen LogP contribution >= 0.6 is 0 Å². The number of benzene rings is 15. The van der Waals surface area contributed by atoms with Gasteiger partial charge in [0, 0.05) is 122 Å². The second kappa shape index (κ2) is 40.0. The van der Waals surface area contributed by atoms with Crippen LogP contribution in [-0.4, -0.2) is 54.5 Å². The molecule has 0 spiro atoms. The standard InChI is InChI=1S/C37H20F5N3O3S.C37H21F4N3O3S.C37H22F3N3O3S/c1-20(46)25-16-29(39)33(30(40)17-25)22-5-3-6-23(15-22)36-35(34-24(19-43)7-4-8-31(34)44-2)28-18-26(38)11-14-32(28)45(36)49(47,48)27-12-9-21(10-13-27)37(41)42;1-21(45)23-11-15-29(31(39)18-23)24-5-3-6-25(17-24)36-35(34-26(20-42)7-4-8-32(34)43-2)30-19-27(38)12-16-33(30)44(36)48(46,47)28-13-9-22(10-14-28)37(40)41;1-22(44)23-9-11-24(12-10-23)26-5-3-6-27(19-26)36-35(34-28(21-41)7-4-8-32(34)42-2)31-20-29(38)15-18-33(31)43(36)47(45,46)30-16-13-25(14-17-30)37(39)40/h3-18,37H,1H3;3-19,37H,1H3;3-20,37H,1H3. The predicted molar refractivity (Wildman–Crippen MR) is 519 cm³/mol. The summed E-state index contributed by atoms with van der Waals surface area (Å²) in [5, 5.41) is 30.5. The highest BCUT2D eigenvalue weighted by Crippen LogP contribution is 2.53. The zero-order chi connectivity index (χ0) is 103. The van der Waals surface area contributed by atoms with Crippen LogP contribution in [0.4, 0.5) is 69.7 Å². The number of aromatic nitrogens is 3. The third-order valence-corrected chi connectivity index (χ3v) is 28.9. The second-order valence-corrected chi connectivity index (χ2v) is 37.7. The lowest BCUT2D eigenvalue weighted by Crippen LogP contribution is -2.14. The first-order chi connectivity index (χ1) is 68.9. The van der Waals surface area contributed by atoms with Crippen LogP contribution < -0.4 is 0 Å². The van der Waals surface area contributed by atoms with Gasteiger partial charge in [-0.25, -0.2) is 104 Å². The Hall–Kier alpha value is -18.1. The van der Waals surface area contributed by atoms with E-state index in [2.05, 4.69) is 20.6 Å². The van der Waals surface area contributed by atoms with Crippen molar-refractivity contribution in [2.24, 2.45) is 0 Å². The Morgan fingerprint density at radius 2 is 0.583 bits per heavy atom. The Balaban J connectivity index is 0.000000155. The third kappa shape index (κ3) is 18.5. The molecule has 18 nitrogen and oxygen atoms in total. The molecule has 0 radical (unpaired) electrons. The minimum Gasteiger partial charge on any atom is -0.295 e. The molecule has 0 unspecified atom stereocenters. The first kappa shape index (κ1) is 98.9. The van der Waals surface area contributed by atoms with Crippen LogP contribution in [0.25, 0.3) is 148 Å². The van der Waals surface area contributed by atoms with Gasteiger partial charge in [0.2, 0.25) is 0 Å². The summed E-state index contributed by atoms with van der Waals surface area (Å²) in [6.45, 7) is 27.5. The van der Waals surface area contributed by atoms with E-state index in [1.54, 1.807) is 60.7 Å². The van der Waals surface area contributed by atoms with E-state index < -0.39 is 112 Å². The molecule has 18 aromatic rings. The van der Waals surface area contributed by atoms with Gasteiger partial charge in [-0.1, -0.05) is 164 Å². The number of carbonyl (C=O) groups excluding carboxylic acids is 3. The molecule has 0 aliphatic heterocycles. The number of nitriles is 3. The van der Waals surface area contributed by atoms with Crippen molar-refractivity contribution in [3.05, 3.63) is 429 Å². The predicted octanol–water partition coefficient (Wildman–Crippen LogP) is 29.2. The quantitative estimate of drug-likeness (QED) is 0.0370. The molecule has 0 saturated heterocycles. The monoisotopic (exact) mass is 1990 g/mol. The van der Waals surface area contributed by atoms with Crippen molar-refractivity contribution in [2.45, 2.75) is 54.7 Å². The van der Waals surface area contributed by atoms with Gasteiger partial charge < -0.3 is 0 Å². The average Bonchev–Trinajstić information content (AvgIpc) is 1.57. The fourth-order valence-electron chi connectivity index (χ4n) is 17.1. The first-order valence-electron chi connectivity index (χ1n) is 42.8. The zero-order valence-corrected chi connectivity index (χ0v) is 77.1. The van der Waals surface area contributed by atoms with E-state index in [1.165, 1.54) is 135 Å². The van der Waals surface area contributed by atoms with Gasteiger partial charge >= 0.3 is 0 Å². The number of rotatable bonds is 21. The molecule has 3 heterocycles. The molecule has 3 aromatic heterocycles. The molecule has 0 N–H and O–H groups in total. The summed E-state index contributed by atoms with van der Waals surface area (Å²) in [7, 11) is -13.9. The van der Waals surface area contributed by atoms with Gasteiger partial charge in [-0.3, -0.25) is 14.4 Å². The summed E-state index contributed by atoms with van der Waals surface area (Å²) >= 11 is 0. The number of halogens is 12. The van der Waals surface area contributed by atoms with E-state index in [-0.39, 0.29) is 177 Å². The van der Waals surface area contributed by atoms with Crippen LogP contribution in [0.1, 0.15) is 105 Å². The normalized spacial score (nSPS) is 11.4. The van der Waals surface area contributed by atoms with Crippen LogP contribution in [0, 0.1) is 88.6 Å². The maximum absolute atomic E-state index is 15.4. The lowest BCUT2D eigenvalue weighted by atomic mass is 9.92. The summed E-state index contributed by atoms with van der Waals surface area (Å²) in [6, 6.07) is 72.5. The molecular weight excluding hydrogens is 1930 g/mol. The zero-order valence-electron chi connectivity index (χ0n) is 74.6. The molecule has 0 fully saturated rings. The van der Waals surface area contributed by atoms with Gasteiger partial charge in [0.1, 0.15) is 34.9 Å². The lowest BCUT2D eigenvalue weighted by molar-refractivity contribution is 0.100. The highest BCUT2D eigenvalue weighted by atomic mass is 32.2. The fourth-order valence-corrected chi connectivity index (χ4v) is 21.7. The van der Waals surface area contributed by atoms with Gasteiger partial charge in [-0.15, -0.1) is 0 Å². The minimum atomic E-state index is -4.73. The number of nitrogens with zero attached hydrogens (tertiary/aromatic N) is 9. The van der Waals surface area contributed by atoms with E-state index in [0.29, 0.717) is 22.3 Å². The third-order valence-electron chi connectivity index (χ3n) is 23.7. The highest BCUT2D eigenvalue weighted by Gasteiger charge is 2.37. The number of alkyl halides is 6. The first-order valence-corrected chi connectivity index (χ1v) is 47.1. The van der Waals surface area contributed by atoms with Crippen LogP contribution in [0.15, 0.2) is 324 Å². The van der Waals surface area contributed by atoms with Gasteiger partial charge in [0.05, 0.1) is 91.8 Å². The lowest BCUT2D eigenvalue weighted by Gasteiger charge is -2.16. The van der Waals surface area contributed by atoms with Crippen molar-refractivity contribution in [2.75, 3.05) is 0 Å². The molecule has 18 rings (SSSR count). The number of carbonyl (C=O) groups is 3. The summed E-state index contributed by atoms with van der Waals surface area (Å²) in [5.41, 5.74) is 0.962. The molecule has 0 aliphatic carbocycles. The maximum atomic E-state index is 15.4. The molecule has 0 aliphatic rings. The van der Waals surface area contributed by atoms with Crippen molar-refractivity contribution in [3.63, 3.8) is 0 Å². The molecule has 0 saturated carbocycles. The fraction of sp³-hybridized carbons (Fsp3) is 0.0541. The van der Waals surface area contributed by atoms with Gasteiger partial charge in [-0.2, -0.15) is 15.8 Å². The molecule has 0 amide bonds. The van der Waals surface area contributed by atoms with Crippen LogP contribution in [0.2, 0.25) is 0 Å². The SMILES string of the molecule is [C-]#[N+]c1cccc(C#N)c1-c1c(-c2cccc(-c3c(F)cc(C(C)=O)cc3F)c2)n(S(=O)(=O)c2ccc(C(F)F)cc2)c2ccc(F)cc12.[C-]#[N+]c1cccc(C#N)c1-c1c(-c2cccc(-c3ccc(C(C)=O)cc3)c2)n(S(=O)(=O)c2ccc(C(F)F)cc2)c2ccc(F)cc12.[C-]#[N+]c1cccc(C#N)c1-c1c(-c2cccc(-c3ccc(C(C)=O)cc3F)c2)n(S(=O)(=O)c2ccc(C(F)F)cc2)c2ccc(F)cc12. The van der Waals surface area contributed by atoms with Crippen molar-refractivity contribution in [3.8, 4) is 119 Å². The smallest absolute Gasteiger partial charge is 0.268 e. The largest absolute Gasteiger partial charge is 0.295 e. The van der Waals surface area contributed by atoms with E-state index in [9.17, 15) is 94.9 Å². The number of hydrogen-bond donors (Lipinski definition) is 0. The van der Waals surface area contributed by atoms with Crippen molar-refractivity contribution < 1.29 is 92.3 Å². The van der Waals surface area contributed by atoms with Crippen LogP contribution in [0.5, 0.6) is 0 Å². The van der Waals surface area contributed by atoms with E-state index in [1.807, 2.05) is 12.1 Å². The molecule has 0 atom stereocenters. The Kier molecular flexibility index (Phi) is 27.5. The number of fused-ring (bicyclic) bond motifs is 3. The van der Waals surface area contributed by atoms with Crippen molar-refractivity contribution in [1.82, 2.24) is 11.9 Å². The molecule has 0 bridgehead atoms. The molecule has 708 valence electrons. The summed E-state index contributed by atoms with van der Waals surface area (Å²) in [6.07, 6.45) is -8.54. The van der Waals surface area contributed by atoms with Gasteiger partial charge in [-0.05, 0) is 189 Å². The Morgan fingerprint density at radius 3 is 0.896 bits per heavy atom. The Bertz CT molecular complexity index is 8940. The number of ketones is 3. The Labute approximate surface area is 814 Å². The topological polar surface area (TPSA) is 253 Å². The van der Waals surface area contributed by atoms with E-state index in [0.717, 1.165) is 152 Å². The van der Waals surface area contributed by atoms with Crippen LogP contribution in [0.3, 0.4) is 0 Å². The van der Waals surface area contributed by atoms with Crippen molar-refractivity contribution in [1.29, 1.82) is 15.8 Å². The van der Waals surface area contributed by atoms with Crippen LogP contribution in [-0.2, 0) is 30.1 Å². The van der Waals surface area contributed by atoms with Gasteiger partial charge in [0.25, 0.3) is 49.3 Å². The molecule has 15 aromatic carbocycles. The molecular formula is C111H63F12N9O9S3. The number of Topliss-reactive ketones (excluding diaryl/α,β-unsaturated/α-hetero) is 3. The van der Waals surface area contributed by atoms with E-state index in [4.69, 9.17) is 19.7 Å². The average molecular weight is 1990 g/mol.